The Hall–Kier alpha value is -4.23. The Balaban J connectivity index is 1.55. The van der Waals surface area contributed by atoms with E-state index in [1.165, 1.54) is 0 Å². The number of hydrogen-bond donors (Lipinski definition) is 1. The Kier molecular flexibility index (Phi) is 6.52. The Labute approximate surface area is 199 Å². The molecule has 3 aromatic rings. The molecule has 1 fully saturated rings. The number of rotatable bonds is 6. The highest BCUT2D eigenvalue weighted by Crippen LogP contribution is 2.30. The molecule has 2 atom stereocenters. The molecule has 4 rings (SSSR count). The summed E-state index contributed by atoms with van der Waals surface area (Å²) in [5.41, 5.74) is 5.03. The minimum absolute atomic E-state index is 0.0910. The summed E-state index contributed by atoms with van der Waals surface area (Å²) in [6.07, 6.45) is -7.20. The number of halogens is 5. The van der Waals surface area contributed by atoms with Crippen molar-refractivity contribution in [1.29, 1.82) is 0 Å². The monoisotopic (exact) mass is 511 g/mol. The van der Waals surface area contributed by atoms with Crippen molar-refractivity contribution in [2.45, 2.75) is 31.5 Å². The molecule has 3 amide bonds. The predicted molar refractivity (Wildman–Crippen MR) is 115 cm³/mol. The number of hydrogen-bond acceptors (Lipinski definition) is 5. The number of para-hydroxylation sites is 1. The van der Waals surface area contributed by atoms with Gasteiger partial charge in [0.25, 0.3) is 11.8 Å². The molecular formula is C22H18F5N5O4. The van der Waals surface area contributed by atoms with Crippen molar-refractivity contribution < 1.29 is 41.2 Å². The van der Waals surface area contributed by atoms with E-state index in [0.717, 1.165) is 27.8 Å². The number of anilines is 1. The van der Waals surface area contributed by atoms with Gasteiger partial charge < -0.3 is 15.4 Å². The van der Waals surface area contributed by atoms with Gasteiger partial charge in [0, 0.05) is 17.9 Å². The van der Waals surface area contributed by atoms with Crippen LogP contribution in [0.15, 0.2) is 48.5 Å². The van der Waals surface area contributed by atoms with Crippen molar-refractivity contribution in [3.8, 4) is 5.75 Å². The lowest BCUT2D eigenvalue weighted by molar-refractivity contribution is -0.274. The molecule has 190 valence electrons. The number of nitrogens with zero attached hydrogens (tertiary/aromatic N) is 4. The maximum atomic E-state index is 14.9. The topological polar surface area (TPSA) is 111 Å². The van der Waals surface area contributed by atoms with Crippen LogP contribution < -0.4 is 15.6 Å². The largest absolute Gasteiger partial charge is 0.573 e. The van der Waals surface area contributed by atoms with Crippen LogP contribution in [-0.4, -0.2) is 57.5 Å². The van der Waals surface area contributed by atoms with Gasteiger partial charge in [-0.15, -0.1) is 18.3 Å². The number of carbonyl (C=O) groups is 3. The van der Waals surface area contributed by atoms with Crippen LogP contribution in [-0.2, 0) is 16.1 Å². The first-order valence-electron chi connectivity index (χ1n) is 10.5. The average molecular weight is 511 g/mol. The molecule has 2 aromatic carbocycles. The van der Waals surface area contributed by atoms with Gasteiger partial charge in [0.15, 0.2) is 5.69 Å². The van der Waals surface area contributed by atoms with E-state index < -0.39 is 72.4 Å². The fourth-order valence-electron chi connectivity index (χ4n) is 4.00. The highest BCUT2D eigenvalue weighted by Gasteiger charge is 2.42. The molecule has 0 spiro atoms. The van der Waals surface area contributed by atoms with E-state index in [0.29, 0.717) is 17.0 Å². The molecule has 9 nitrogen and oxygen atoms in total. The van der Waals surface area contributed by atoms with Gasteiger partial charge in [0.05, 0.1) is 17.7 Å². The normalized spacial score (nSPS) is 17.9. The number of ether oxygens (including phenoxy) is 1. The third-order valence-electron chi connectivity index (χ3n) is 5.50. The van der Waals surface area contributed by atoms with E-state index in [-0.39, 0.29) is 5.69 Å². The molecule has 2 N–H and O–H groups in total. The molecule has 0 radical (unpaired) electrons. The van der Waals surface area contributed by atoms with Crippen molar-refractivity contribution in [3.63, 3.8) is 0 Å². The summed E-state index contributed by atoms with van der Waals surface area (Å²) in [5.74, 6) is -3.75. The molecular weight excluding hydrogens is 493 g/mol. The van der Waals surface area contributed by atoms with Crippen LogP contribution in [0.5, 0.6) is 5.75 Å². The molecule has 1 saturated heterocycles. The van der Waals surface area contributed by atoms with E-state index in [2.05, 4.69) is 9.84 Å². The van der Waals surface area contributed by atoms with E-state index >= 15 is 0 Å². The molecule has 0 bridgehead atoms. The lowest BCUT2D eigenvalue weighted by atomic mass is 10.2. The minimum Gasteiger partial charge on any atom is -0.406 e. The lowest BCUT2D eigenvalue weighted by Gasteiger charge is -2.25. The van der Waals surface area contributed by atoms with E-state index in [1.54, 1.807) is 24.3 Å². The van der Waals surface area contributed by atoms with Gasteiger partial charge in [0.1, 0.15) is 24.5 Å². The van der Waals surface area contributed by atoms with Gasteiger partial charge in [-0.1, -0.05) is 28.7 Å². The fraction of sp³-hybridized carbons (Fsp3) is 0.273. The second-order valence-electron chi connectivity index (χ2n) is 7.95. The summed E-state index contributed by atoms with van der Waals surface area (Å²) in [5, 5.41) is 3.96. The SMILES string of the molecule is NC(=O)c1nn(CC(=O)N2C[C@H](F)C[C@H]2C(=O)N(F)c2cccc(OC(F)(F)F)c2)c2ccccc12. The van der Waals surface area contributed by atoms with Gasteiger partial charge in [0.2, 0.25) is 5.91 Å². The van der Waals surface area contributed by atoms with Gasteiger partial charge in [-0.2, -0.15) is 5.10 Å². The number of alkyl halides is 4. The third-order valence-corrected chi connectivity index (χ3v) is 5.50. The molecule has 1 aliphatic rings. The number of carbonyl (C=O) groups excluding carboxylic acids is 3. The van der Waals surface area contributed by atoms with Crippen LogP contribution >= 0.6 is 0 Å². The van der Waals surface area contributed by atoms with Crippen molar-refractivity contribution in [2.75, 3.05) is 11.7 Å². The highest BCUT2D eigenvalue weighted by molar-refractivity contribution is 6.04. The predicted octanol–water partition coefficient (Wildman–Crippen LogP) is 2.89. The van der Waals surface area contributed by atoms with Crippen molar-refractivity contribution >= 4 is 34.3 Å². The lowest BCUT2D eigenvalue weighted by Crippen LogP contribution is -2.46. The van der Waals surface area contributed by atoms with Crippen molar-refractivity contribution in [3.05, 3.63) is 54.2 Å². The van der Waals surface area contributed by atoms with E-state index in [9.17, 15) is 36.4 Å². The molecule has 0 saturated carbocycles. The van der Waals surface area contributed by atoms with Crippen LogP contribution in [0.2, 0.25) is 0 Å². The highest BCUT2D eigenvalue weighted by atomic mass is 19.4. The van der Waals surface area contributed by atoms with Crippen LogP contribution in [0, 0.1) is 0 Å². The number of likely N-dealkylation sites (tertiary alicyclic amines) is 1. The first kappa shape index (κ1) is 24.9. The molecule has 0 aliphatic carbocycles. The number of primary amides is 1. The minimum atomic E-state index is -5.04. The Morgan fingerprint density at radius 2 is 1.86 bits per heavy atom. The molecule has 2 heterocycles. The molecule has 0 unspecified atom stereocenters. The number of benzene rings is 2. The smallest absolute Gasteiger partial charge is 0.406 e. The van der Waals surface area contributed by atoms with Crippen molar-refractivity contribution in [2.24, 2.45) is 5.73 Å². The number of fused-ring (bicyclic) bond motifs is 1. The Morgan fingerprint density at radius 1 is 1.14 bits per heavy atom. The fourth-order valence-corrected chi connectivity index (χ4v) is 4.00. The zero-order valence-corrected chi connectivity index (χ0v) is 18.3. The van der Waals surface area contributed by atoms with E-state index in [1.807, 2.05) is 0 Å². The van der Waals surface area contributed by atoms with Crippen molar-refractivity contribution in [1.82, 2.24) is 14.7 Å². The van der Waals surface area contributed by atoms with Crippen LogP contribution in [0.3, 0.4) is 0 Å². The number of nitrogens with two attached hydrogens (primary N) is 1. The zero-order chi connectivity index (χ0) is 26.2. The van der Waals surface area contributed by atoms with Crippen LogP contribution in [0.4, 0.5) is 27.7 Å². The maximum absolute atomic E-state index is 14.9. The van der Waals surface area contributed by atoms with Gasteiger partial charge in [-0.05, 0) is 18.2 Å². The molecule has 1 aromatic heterocycles. The van der Waals surface area contributed by atoms with Gasteiger partial charge >= 0.3 is 6.36 Å². The summed E-state index contributed by atoms with van der Waals surface area (Å²) >= 11 is 0. The van der Waals surface area contributed by atoms with Crippen LogP contribution in [0.25, 0.3) is 10.9 Å². The Bertz CT molecular complexity index is 1330. The summed E-state index contributed by atoms with van der Waals surface area (Å²) < 4.78 is 71.4. The standard InChI is InChI=1S/C22H18F5N5O4/c23-12-8-17(21(35)32(27)13-4-3-5-14(9-13)36-22(24,25)26)30(10-12)18(33)11-31-16-7-2-1-6-15(16)19(29-31)20(28)34/h1-7,9,12,17H,8,10-11H2,(H2,28,34)/t12-,17+/m1/s1. The number of amides is 3. The number of aromatic nitrogens is 2. The zero-order valence-electron chi connectivity index (χ0n) is 18.3. The Morgan fingerprint density at radius 3 is 2.56 bits per heavy atom. The second kappa shape index (κ2) is 9.43. The first-order chi connectivity index (χ1) is 16.9. The second-order valence-corrected chi connectivity index (χ2v) is 7.95. The van der Waals surface area contributed by atoms with Gasteiger partial charge in [-0.25, -0.2) is 4.39 Å². The van der Waals surface area contributed by atoms with E-state index in [4.69, 9.17) is 5.73 Å². The first-order valence-corrected chi connectivity index (χ1v) is 10.5. The molecule has 14 heteroatoms. The summed E-state index contributed by atoms with van der Waals surface area (Å²) in [4.78, 5) is 38.3. The van der Waals surface area contributed by atoms with Crippen LogP contribution in [0.1, 0.15) is 16.9 Å². The molecule has 1 aliphatic heterocycles. The average Bonchev–Trinajstić information content (AvgIpc) is 3.38. The third kappa shape index (κ3) is 5.06. The maximum Gasteiger partial charge on any atom is 0.573 e. The summed E-state index contributed by atoms with van der Waals surface area (Å²) in [6, 6.07) is 8.44. The summed E-state index contributed by atoms with van der Waals surface area (Å²) in [7, 11) is 0. The summed E-state index contributed by atoms with van der Waals surface area (Å²) in [6.45, 7) is -1.02. The molecule has 36 heavy (non-hydrogen) atoms. The van der Waals surface area contributed by atoms with Gasteiger partial charge in [-0.3, -0.25) is 19.1 Å². The quantitative estimate of drug-likeness (QED) is 0.404.